The van der Waals surface area contributed by atoms with Gasteiger partial charge in [-0.3, -0.25) is 9.59 Å². The van der Waals surface area contributed by atoms with E-state index >= 15 is 0 Å². The van der Waals surface area contributed by atoms with Gasteiger partial charge in [-0.15, -0.1) is 0 Å². The van der Waals surface area contributed by atoms with Crippen molar-refractivity contribution in [1.29, 1.82) is 0 Å². The molecule has 0 aromatic rings. The number of hydrogen-bond acceptors (Lipinski definition) is 6. The molecule has 0 aromatic heterocycles. The highest BCUT2D eigenvalue weighted by Crippen LogP contribution is 2.32. The van der Waals surface area contributed by atoms with Gasteiger partial charge in [0.25, 0.3) is 0 Å². The summed E-state index contributed by atoms with van der Waals surface area (Å²) in [6, 6.07) is 0. The van der Waals surface area contributed by atoms with Gasteiger partial charge in [-0.2, -0.15) is 0 Å². The summed E-state index contributed by atoms with van der Waals surface area (Å²) in [5, 5.41) is 0. The van der Waals surface area contributed by atoms with Crippen molar-refractivity contribution >= 4 is 34.5 Å². The molecule has 0 spiro atoms. The van der Waals surface area contributed by atoms with Crippen molar-refractivity contribution in [3.05, 3.63) is 0 Å². The molecule has 6 nitrogen and oxygen atoms in total. The van der Waals surface area contributed by atoms with Gasteiger partial charge in [0.15, 0.2) is 18.5 Å². The van der Waals surface area contributed by atoms with Gasteiger partial charge in [-0.1, -0.05) is 22.6 Å². The lowest BCUT2D eigenvalue weighted by Gasteiger charge is -2.42. The summed E-state index contributed by atoms with van der Waals surface area (Å²) >= 11 is 2.10. The maximum Gasteiger partial charge on any atom is 0.303 e. The highest BCUT2D eigenvalue weighted by Gasteiger charge is 2.47. The molecule has 1 aliphatic heterocycles. The smallest absolute Gasteiger partial charge is 0.303 e. The molecule has 1 fully saturated rings. The molecule has 0 amide bonds. The van der Waals surface area contributed by atoms with E-state index in [1.807, 2.05) is 13.8 Å². The molecule has 116 valence electrons. The molecular formula is C13H21IO6. The van der Waals surface area contributed by atoms with E-state index in [0.29, 0.717) is 0 Å². The summed E-state index contributed by atoms with van der Waals surface area (Å²) in [6.07, 6.45) is -2.18. The van der Waals surface area contributed by atoms with Crippen LogP contribution in [0.1, 0.15) is 34.6 Å². The van der Waals surface area contributed by atoms with E-state index < -0.39 is 36.5 Å². The minimum atomic E-state index is -0.634. The zero-order chi connectivity index (χ0) is 15.4. The summed E-state index contributed by atoms with van der Waals surface area (Å²) in [7, 11) is 0. The number of hydrogen-bond donors (Lipinski definition) is 0. The monoisotopic (exact) mass is 400 g/mol. The Balaban J connectivity index is 2.90. The van der Waals surface area contributed by atoms with Crippen LogP contribution in [0, 0.1) is 0 Å². The van der Waals surface area contributed by atoms with Gasteiger partial charge in [-0.05, 0) is 20.8 Å². The van der Waals surface area contributed by atoms with Gasteiger partial charge >= 0.3 is 11.9 Å². The van der Waals surface area contributed by atoms with Crippen LogP contribution in [0.3, 0.4) is 0 Å². The Kier molecular flexibility index (Phi) is 6.67. The van der Waals surface area contributed by atoms with Crippen LogP contribution < -0.4 is 0 Å². The van der Waals surface area contributed by atoms with Crippen LogP contribution in [-0.4, -0.2) is 46.6 Å². The first-order valence-electron chi connectivity index (χ1n) is 6.51. The predicted molar refractivity (Wildman–Crippen MR) is 79.5 cm³/mol. The number of rotatable bonds is 4. The van der Waals surface area contributed by atoms with Gasteiger partial charge in [0.2, 0.25) is 0 Å². The highest BCUT2D eigenvalue weighted by molar-refractivity contribution is 14.1. The van der Waals surface area contributed by atoms with Gasteiger partial charge in [0, 0.05) is 13.8 Å². The summed E-state index contributed by atoms with van der Waals surface area (Å²) in [6.45, 7) is 8.21. The third-order valence-corrected chi connectivity index (χ3v) is 4.02. The lowest BCUT2D eigenvalue weighted by Crippen LogP contribution is -2.58. The molecule has 0 unspecified atom stereocenters. The second kappa shape index (κ2) is 7.56. The molecule has 0 aromatic carbocycles. The van der Waals surface area contributed by atoms with Crippen LogP contribution in [0.15, 0.2) is 0 Å². The largest absolute Gasteiger partial charge is 0.457 e. The lowest BCUT2D eigenvalue weighted by atomic mass is 10.0. The van der Waals surface area contributed by atoms with E-state index in [-0.39, 0.29) is 10.0 Å². The molecule has 0 radical (unpaired) electrons. The normalized spacial score (nSPS) is 33.9. The third kappa shape index (κ3) is 4.85. The molecule has 20 heavy (non-hydrogen) atoms. The van der Waals surface area contributed by atoms with E-state index in [2.05, 4.69) is 22.6 Å². The number of carbonyl (C=O) groups is 2. The maximum absolute atomic E-state index is 11.3. The Hall–Kier alpha value is -0.410. The molecule has 1 rings (SSSR count). The Bertz CT molecular complexity index is 359. The number of ether oxygens (including phenoxy) is 4. The summed E-state index contributed by atoms with van der Waals surface area (Å²) in [5.74, 6) is -0.861. The molecule has 0 aliphatic carbocycles. The van der Waals surface area contributed by atoms with Crippen molar-refractivity contribution in [3.63, 3.8) is 0 Å². The minimum absolute atomic E-state index is 0.0206. The zero-order valence-corrected chi connectivity index (χ0v) is 14.4. The van der Waals surface area contributed by atoms with Gasteiger partial charge in [0.05, 0.1) is 12.2 Å². The number of halogens is 1. The Labute approximate surface area is 132 Å². The fourth-order valence-electron chi connectivity index (χ4n) is 2.02. The van der Waals surface area contributed by atoms with Gasteiger partial charge < -0.3 is 18.9 Å². The first kappa shape index (κ1) is 17.6. The van der Waals surface area contributed by atoms with E-state index in [0.717, 1.165) is 0 Å². The van der Waals surface area contributed by atoms with Crippen LogP contribution in [0.4, 0.5) is 0 Å². The van der Waals surface area contributed by atoms with Crippen LogP contribution >= 0.6 is 22.6 Å². The number of carbonyl (C=O) groups excluding carboxylic acids is 2. The summed E-state index contributed by atoms with van der Waals surface area (Å²) < 4.78 is 21.7. The number of alkyl halides is 1. The average Bonchev–Trinajstić information content (AvgIpc) is 2.28. The van der Waals surface area contributed by atoms with E-state index in [9.17, 15) is 9.59 Å². The first-order valence-corrected chi connectivity index (χ1v) is 7.76. The van der Waals surface area contributed by atoms with E-state index in [1.54, 1.807) is 6.92 Å². The molecule has 0 bridgehead atoms. The summed E-state index contributed by atoms with van der Waals surface area (Å²) in [5.41, 5.74) is 0. The summed E-state index contributed by atoms with van der Waals surface area (Å²) in [4.78, 5) is 22.5. The third-order valence-electron chi connectivity index (χ3n) is 2.72. The van der Waals surface area contributed by atoms with Crippen LogP contribution in [-0.2, 0) is 28.5 Å². The van der Waals surface area contributed by atoms with E-state index in [1.165, 1.54) is 13.8 Å². The topological polar surface area (TPSA) is 71.1 Å². The van der Waals surface area contributed by atoms with Crippen molar-refractivity contribution in [2.24, 2.45) is 0 Å². The fourth-order valence-corrected chi connectivity index (χ4v) is 2.92. The van der Waals surface area contributed by atoms with Crippen molar-refractivity contribution in [3.8, 4) is 0 Å². The second-order valence-electron chi connectivity index (χ2n) is 4.99. The Morgan fingerprint density at radius 1 is 1.10 bits per heavy atom. The Morgan fingerprint density at radius 2 is 1.60 bits per heavy atom. The van der Waals surface area contributed by atoms with Crippen molar-refractivity contribution in [2.45, 2.75) is 69.2 Å². The molecule has 7 heteroatoms. The fraction of sp³-hybridized carbons (Fsp3) is 0.846. The molecular weight excluding hydrogens is 379 g/mol. The van der Waals surface area contributed by atoms with Crippen molar-refractivity contribution < 1.29 is 28.5 Å². The second-order valence-corrected chi connectivity index (χ2v) is 6.43. The van der Waals surface area contributed by atoms with Crippen LogP contribution in [0.2, 0.25) is 0 Å². The molecule has 5 atom stereocenters. The Morgan fingerprint density at radius 3 is 2.05 bits per heavy atom. The molecule has 1 saturated heterocycles. The van der Waals surface area contributed by atoms with Gasteiger partial charge in [0.1, 0.15) is 3.92 Å². The number of esters is 2. The quantitative estimate of drug-likeness (QED) is 0.408. The first-order chi connectivity index (χ1) is 9.22. The lowest BCUT2D eigenvalue weighted by molar-refractivity contribution is -0.256. The molecule has 1 heterocycles. The standard InChI is InChI=1S/C13H21IO6/c1-6(2)17-13-10(14)12(20-9(5)16)11(7(3)18-13)19-8(4)15/h6-7,10-13H,1-5H3/t7-,10-,11-,12-,13-/m0/s1. The zero-order valence-electron chi connectivity index (χ0n) is 12.3. The van der Waals surface area contributed by atoms with E-state index in [4.69, 9.17) is 18.9 Å². The van der Waals surface area contributed by atoms with Crippen molar-refractivity contribution in [1.82, 2.24) is 0 Å². The minimum Gasteiger partial charge on any atom is -0.457 e. The van der Waals surface area contributed by atoms with Crippen molar-refractivity contribution in [2.75, 3.05) is 0 Å². The van der Waals surface area contributed by atoms with Crippen LogP contribution in [0.25, 0.3) is 0 Å². The highest BCUT2D eigenvalue weighted by atomic mass is 127. The molecule has 0 N–H and O–H groups in total. The molecule has 0 saturated carbocycles. The average molecular weight is 400 g/mol. The maximum atomic E-state index is 11.3. The van der Waals surface area contributed by atoms with Gasteiger partial charge in [-0.25, -0.2) is 0 Å². The SMILES string of the molecule is CC(=O)O[C@@H]1[C@@H](OC(C)=O)[C@H](I)[C@@H](OC(C)C)O[C@H]1C. The molecule has 1 aliphatic rings. The predicted octanol–water partition coefficient (Wildman–Crippen LogP) is 1.82. The van der Waals surface area contributed by atoms with Crippen LogP contribution in [0.5, 0.6) is 0 Å².